The molecule has 0 saturated carbocycles. The number of hydrogen-bond donors (Lipinski definition) is 2. The van der Waals surface area contributed by atoms with Crippen molar-refractivity contribution in [2.24, 2.45) is 16.6 Å². The molecule has 3 heterocycles. The van der Waals surface area contributed by atoms with Gasteiger partial charge in [-0.2, -0.15) is 0 Å². The lowest BCUT2D eigenvalue weighted by molar-refractivity contribution is 0.196. The average Bonchev–Trinajstić information content (AvgIpc) is 2.75. The third-order valence-corrected chi connectivity index (χ3v) is 5.28. The van der Waals surface area contributed by atoms with Crippen LogP contribution in [-0.4, -0.2) is 33.8 Å². The van der Waals surface area contributed by atoms with E-state index in [2.05, 4.69) is 37.8 Å². The van der Waals surface area contributed by atoms with Crippen molar-refractivity contribution in [3.63, 3.8) is 0 Å². The molecule has 2 aromatic heterocycles. The van der Waals surface area contributed by atoms with Gasteiger partial charge < -0.3 is 11.1 Å². The Kier molecular flexibility index (Phi) is 5.81. The lowest BCUT2D eigenvalue weighted by atomic mass is 9.96. The summed E-state index contributed by atoms with van der Waals surface area (Å²) in [7, 11) is 0. The summed E-state index contributed by atoms with van der Waals surface area (Å²) in [5, 5.41) is 5.45. The normalized spacial score (nSPS) is 17.9. The Morgan fingerprint density at radius 3 is 2.93 bits per heavy atom. The summed E-state index contributed by atoms with van der Waals surface area (Å²) in [6, 6.07) is 12.1. The zero-order valence-electron chi connectivity index (χ0n) is 16.5. The van der Waals surface area contributed by atoms with Crippen LogP contribution in [0.2, 0.25) is 0 Å². The molecule has 3 aromatic rings. The Balaban J connectivity index is 1.41. The molecule has 1 aliphatic rings. The largest absolute Gasteiger partial charge is 0.387 e. The third kappa shape index (κ3) is 4.78. The molecule has 1 fully saturated rings. The number of piperidine rings is 1. The van der Waals surface area contributed by atoms with E-state index < -0.39 is 0 Å². The van der Waals surface area contributed by atoms with E-state index in [0.717, 1.165) is 48.9 Å². The number of anilines is 1. The number of aliphatic imine (C=N–C) groups is 1. The first-order valence-corrected chi connectivity index (χ1v) is 9.93. The van der Waals surface area contributed by atoms with Crippen molar-refractivity contribution in [1.29, 1.82) is 0 Å². The number of aromatic nitrogens is 2. The fourth-order valence-corrected chi connectivity index (χ4v) is 3.85. The van der Waals surface area contributed by atoms with Crippen LogP contribution in [0, 0.1) is 5.92 Å². The maximum atomic E-state index is 6.37. The molecule has 6 heteroatoms. The predicted octanol–water partition coefficient (Wildman–Crippen LogP) is 3.78. The molecule has 1 saturated heterocycles. The Morgan fingerprint density at radius 2 is 2.07 bits per heavy atom. The zero-order chi connectivity index (χ0) is 20.1. The fraction of sp³-hybridized carbons (Fsp3) is 0.261. The fourth-order valence-electron chi connectivity index (χ4n) is 3.85. The molecule has 1 aliphatic heterocycles. The smallest absolute Gasteiger partial charge is 0.125 e. The van der Waals surface area contributed by atoms with Gasteiger partial charge in [-0.05, 0) is 43.1 Å². The molecule has 4 rings (SSSR count). The van der Waals surface area contributed by atoms with Gasteiger partial charge in [-0.15, -0.1) is 0 Å². The van der Waals surface area contributed by atoms with Crippen LogP contribution in [0.5, 0.6) is 0 Å². The van der Waals surface area contributed by atoms with Crippen molar-refractivity contribution in [1.82, 2.24) is 14.9 Å². The molecule has 0 amide bonds. The van der Waals surface area contributed by atoms with Gasteiger partial charge >= 0.3 is 0 Å². The van der Waals surface area contributed by atoms with Crippen LogP contribution in [0.3, 0.4) is 0 Å². The van der Waals surface area contributed by atoms with E-state index in [1.807, 2.05) is 42.7 Å². The molecular formula is C23H26N6. The van der Waals surface area contributed by atoms with Gasteiger partial charge in [0, 0.05) is 60.3 Å². The summed E-state index contributed by atoms with van der Waals surface area (Å²) >= 11 is 0. The first-order chi connectivity index (χ1) is 14.2. The van der Waals surface area contributed by atoms with E-state index in [4.69, 9.17) is 5.73 Å². The van der Waals surface area contributed by atoms with Gasteiger partial charge in [-0.1, -0.05) is 24.8 Å². The van der Waals surface area contributed by atoms with E-state index >= 15 is 0 Å². The quantitative estimate of drug-likeness (QED) is 0.498. The van der Waals surface area contributed by atoms with Crippen molar-refractivity contribution >= 4 is 22.3 Å². The number of fused-ring (bicyclic) bond motifs is 1. The van der Waals surface area contributed by atoms with E-state index in [1.54, 1.807) is 12.4 Å². The van der Waals surface area contributed by atoms with Crippen LogP contribution in [0.4, 0.5) is 5.69 Å². The van der Waals surface area contributed by atoms with Crippen LogP contribution < -0.4 is 11.1 Å². The topological polar surface area (TPSA) is 79.4 Å². The maximum absolute atomic E-state index is 6.37. The first-order valence-electron chi connectivity index (χ1n) is 9.93. The van der Waals surface area contributed by atoms with Crippen LogP contribution >= 0.6 is 0 Å². The predicted molar refractivity (Wildman–Crippen MR) is 118 cm³/mol. The molecule has 1 unspecified atom stereocenters. The number of nitrogens with zero attached hydrogens (tertiary/aromatic N) is 4. The highest BCUT2D eigenvalue weighted by molar-refractivity contribution is 5.94. The van der Waals surface area contributed by atoms with Gasteiger partial charge in [-0.25, -0.2) is 4.99 Å². The lowest BCUT2D eigenvalue weighted by Crippen LogP contribution is -2.41. The number of nitrogens with one attached hydrogen (secondary N) is 1. The summed E-state index contributed by atoms with van der Waals surface area (Å²) < 4.78 is 0. The van der Waals surface area contributed by atoms with Crippen LogP contribution in [0.25, 0.3) is 10.8 Å². The van der Waals surface area contributed by atoms with Gasteiger partial charge in [0.15, 0.2) is 0 Å². The summed E-state index contributed by atoms with van der Waals surface area (Å²) in [4.78, 5) is 15.4. The van der Waals surface area contributed by atoms with Crippen LogP contribution in [0.1, 0.15) is 18.4 Å². The second-order valence-electron chi connectivity index (χ2n) is 7.45. The number of pyridine rings is 2. The van der Waals surface area contributed by atoms with Crippen molar-refractivity contribution in [3.05, 3.63) is 79.1 Å². The highest BCUT2D eigenvalue weighted by atomic mass is 15.1. The summed E-state index contributed by atoms with van der Waals surface area (Å²) in [5.41, 5.74) is 8.55. The van der Waals surface area contributed by atoms with Crippen molar-refractivity contribution < 1.29 is 0 Å². The molecular weight excluding hydrogens is 360 g/mol. The highest BCUT2D eigenvalue weighted by Gasteiger charge is 2.23. The Morgan fingerprint density at radius 1 is 1.17 bits per heavy atom. The number of rotatable bonds is 6. The minimum absolute atomic E-state index is 0.232. The van der Waals surface area contributed by atoms with Gasteiger partial charge in [0.25, 0.3) is 0 Å². The molecule has 0 radical (unpaired) electrons. The number of hydrogen-bond acceptors (Lipinski definition) is 5. The number of nitrogens with two attached hydrogens (primary N) is 1. The van der Waals surface area contributed by atoms with Crippen LogP contribution in [-0.2, 0) is 6.54 Å². The zero-order valence-corrected chi connectivity index (χ0v) is 16.5. The Labute approximate surface area is 171 Å². The van der Waals surface area contributed by atoms with Crippen molar-refractivity contribution in [3.8, 4) is 0 Å². The summed E-state index contributed by atoms with van der Waals surface area (Å²) in [6.07, 6.45) is 9.51. The standard InChI is InChI=1S/C23H26N6/c1-17(27-22-8-2-6-19-14-26-11-9-21(19)22)28-23(24)20-7-4-12-29(16-20)15-18-5-3-10-25-13-18/h2-3,5-6,8-11,13-14,20,27H,1,4,7,12,15-16H2,(H2,24,28). The second-order valence-corrected chi connectivity index (χ2v) is 7.45. The van der Waals surface area contributed by atoms with Crippen LogP contribution in [0.15, 0.2) is 78.6 Å². The molecule has 6 nitrogen and oxygen atoms in total. The number of amidine groups is 1. The average molecular weight is 387 g/mol. The molecule has 29 heavy (non-hydrogen) atoms. The molecule has 3 N–H and O–H groups in total. The molecule has 0 spiro atoms. The third-order valence-electron chi connectivity index (χ3n) is 5.28. The second kappa shape index (κ2) is 8.84. The van der Waals surface area contributed by atoms with Gasteiger partial charge in [-0.3, -0.25) is 14.9 Å². The lowest BCUT2D eigenvalue weighted by Gasteiger charge is -2.32. The molecule has 0 aliphatic carbocycles. The van der Waals surface area contributed by atoms with E-state index in [9.17, 15) is 0 Å². The number of benzene rings is 1. The van der Waals surface area contributed by atoms with E-state index in [-0.39, 0.29) is 5.92 Å². The maximum Gasteiger partial charge on any atom is 0.125 e. The first kappa shape index (κ1) is 19.1. The van der Waals surface area contributed by atoms with E-state index in [0.29, 0.717) is 11.7 Å². The van der Waals surface area contributed by atoms with Gasteiger partial charge in [0.1, 0.15) is 11.7 Å². The molecule has 1 atom stereocenters. The monoisotopic (exact) mass is 386 g/mol. The van der Waals surface area contributed by atoms with Gasteiger partial charge in [0.2, 0.25) is 0 Å². The van der Waals surface area contributed by atoms with E-state index in [1.165, 1.54) is 5.56 Å². The van der Waals surface area contributed by atoms with Crippen molar-refractivity contribution in [2.75, 3.05) is 18.4 Å². The van der Waals surface area contributed by atoms with Crippen molar-refractivity contribution in [2.45, 2.75) is 19.4 Å². The number of likely N-dealkylation sites (tertiary alicyclic amines) is 1. The minimum atomic E-state index is 0.232. The minimum Gasteiger partial charge on any atom is -0.387 e. The Bertz CT molecular complexity index is 1010. The van der Waals surface area contributed by atoms with Gasteiger partial charge in [0.05, 0.1) is 0 Å². The molecule has 148 valence electrons. The SMILES string of the molecule is C=C(/N=C(\N)C1CCCN(Cc2cccnc2)C1)Nc1cccc2cnccc12. The summed E-state index contributed by atoms with van der Waals surface area (Å²) in [6.45, 7) is 6.92. The molecule has 0 bridgehead atoms. The highest BCUT2D eigenvalue weighted by Crippen LogP contribution is 2.24. The molecule has 1 aromatic carbocycles. The summed E-state index contributed by atoms with van der Waals surface area (Å²) in [5.74, 6) is 1.42. The Hall–Kier alpha value is -3.25.